The Bertz CT molecular complexity index is 396. The second-order valence-electron chi connectivity index (χ2n) is 3.59. The van der Waals surface area contributed by atoms with Crippen molar-refractivity contribution in [2.24, 2.45) is 0 Å². The first-order chi connectivity index (χ1) is 8.60. The van der Waals surface area contributed by atoms with Crippen molar-refractivity contribution in [3.8, 4) is 17.2 Å². The monoisotopic (exact) mass is 320 g/mol. The molecule has 0 bridgehead atoms. The van der Waals surface area contributed by atoms with Crippen LogP contribution in [-0.4, -0.2) is 43.0 Å². The van der Waals surface area contributed by atoms with Crippen molar-refractivity contribution in [3.05, 3.63) is 17.7 Å². The predicted molar refractivity (Wildman–Crippen MR) is 70.9 cm³/mol. The minimum Gasteiger partial charge on any atom is -0.493 e. The summed E-state index contributed by atoms with van der Waals surface area (Å²) in [5, 5.41) is 19.9. The largest absolute Gasteiger partial charge is 0.493 e. The number of aliphatic hydroxyl groups excluding tert-OH is 2. The van der Waals surface area contributed by atoms with Gasteiger partial charge in [-0.05, 0) is 12.1 Å². The molecule has 5 nitrogen and oxygen atoms in total. The topological polar surface area (TPSA) is 68.2 Å². The third kappa shape index (κ3) is 2.88. The molecule has 1 aromatic carbocycles. The van der Waals surface area contributed by atoms with Crippen molar-refractivity contribution in [3.63, 3.8) is 0 Å². The Morgan fingerprint density at radius 3 is 2.11 bits per heavy atom. The molecule has 0 fully saturated rings. The fourth-order valence-corrected chi connectivity index (χ4v) is 2.00. The molecule has 0 amide bonds. The van der Waals surface area contributed by atoms with Crippen molar-refractivity contribution in [1.29, 1.82) is 0 Å². The molecule has 6 heteroatoms. The fourth-order valence-electron chi connectivity index (χ4n) is 1.65. The molecule has 102 valence electrons. The fraction of sp³-hybridized carbons (Fsp3) is 0.500. The standard InChI is InChI=1S/C12H17BrO5/c1-16-9-5-4-7(10(15)8(14)6-13)11(17-2)12(9)18-3/h4-5,8,10,14-15H,6H2,1-3H3. The molecule has 2 unspecified atom stereocenters. The van der Waals surface area contributed by atoms with Crippen LogP contribution in [0.15, 0.2) is 12.1 Å². The Kier molecular flexibility index (Phi) is 5.71. The van der Waals surface area contributed by atoms with Gasteiger partial charge in [0.05, 0.1) is 27.4 Å². The maximum atomic E-state index is 10.0. The third-order valence-electron chi connectivity index (χ3n) is 2.58. The maximum Gasteiger partial charge on any atom is 0.203 e. The molecule has 0 radical (unpaired) electrons. The molecule has 0 aliphatic heterocycles. The molecule has 1 rings (SSSR count). The minimum atomic E-state index is -1.07. The van der Waals surface area contributed by atoms with Crippen LogP contribution in [0.5, 0.6) is 17.2 Å². The van der Waals surface area contributed by atoms with Gasteiger partial charge in [-0.1, -0.05) is 15.9 Å². The van der Waals surface area contributed by atoms with Gasteiger partial charge in [-0.3, -0.25) is 0 Å². The summed E-state index contributed by atoms with van der Waals surface area (Å²) < 4.78 is 15.6. The van der Waals surface area contributed by atoms with Crippen molar-refractivity contribution in [2.45, 2.75) is 12.2 Å². The highest BCUT2D eigenvalue weighted by molar-refractivity contribution is 9.09. The normalized spacial score (nSPS) is 13.9. The lowest BCUT2D eigenvalue weighted by Crippen LogP contribution is -2.20. The summed E-state index contributed by atoms with van der Waals surface area (Å²) in [5.74, 6) is 1.24. The summed E-state index contributed by atoms with van der Waals surface area (Å²) in [4.78, 5) is 0. The number of halogens is 1. The van der Waals surface area contributed by atoms with Crippen molar-refractivity contribution in [1.82, 2.24) is 0 Å². The average Bonchev–Trinajstić information content (AvgIpc) is 2.43. The van der Waals surface area contributed by atoms with Gasteiger partial charge in [0, 0.05) is 10.9 Å². The van der Waals surface area contributed by atoms with E-state index in [4.69, 9.17) is 14.2 Å². The number of ether oxygens (including phenoxy) is 3. The highest BCUT2D eigenvalue weighted by Gasteiger charge is 2.25. The smallest absolute Gasteiger partial charge is 0.203 e. The molecule has 0 spiro atoms. The second-order valence-corrected chi connectivity index (χ2v) is 4.24. The number of alkyl halides is 1. The maximum absolute atomic E-state index is 10.0. The first kappa shape index (κ1) is 15.1. The van der Waals surface area contributed by atoms with E-state index in [0.717, 1.165) is 0 Å². The molecular formula is C12H17BrO5. The van der Waals surface area contributed by atoms with E-state index in [2.05, 4.69) is 15.9 Å². The number of hydrogen-bond acceptors (Lipinski definition) is 5. The van der Waals surface area contributed by atoms with Gasteiger partial charge in [0.1, 0.15) is 6.10 Å². The van der Waals surface area contributed by atoms with Gasteiger partial charge in [0.2, 0.25) is 5.75 Å². The zero-order valence-electron chi connectivity index (χ0n) is 10.5. The molecule has 0 saturated carbocycles. The van der Waals surface area contributed by atoms with Crippen LogP contribution in [-0.2, 0) is 0 Å². The van der Waals surface area contributed by atoms with Gasteiger partial charge in [0.15, 0.2) is 11.5 Å². The zero-order valence-corrected chi connectivity index (χ0v) is 12.1. The lowest BCUT2D eigenvalue weighted by molar-refractivity contribution is 0.0325. The highest BCUT2D eigenvalue weighted by atomic mass is 79.9. The Morgan fingerprint density at radius 1 is 1.06 bits per heavy atom. The van der Waals surface area contributed by atoms with Gasteiger partial charge in [0.25, 0.3) is 0 Å². The lowest BCUT2D eigenvalue weighted by Gasteiger charge is -2.21. The van der Waals surface area contributed by atoms with Crippen LogP contribution in [0.25, 0.3) is 0 Å². The SMILES string of the molecule is COc1ccc(C(O)C(O)CBr)c(OC)c1OC. The van der Waals surface area contributed by atoms with E-state index in [0.29, 0.717) is 22.8 Å². The summed E-state index contributed by atoms with van der Waals surface area (Å²) in [6.45, 7) is 0. The summed E-state index contributed by atoms with van der Waals surface area (Å²) in [6, 6.07) is 3.29. The van der Waals surface area contributed by atoms with Crippen LogP contribution >= 0.6 is 15.9 Å². The van der Waals surface area contributed by atoms with E-state index in [1.165, 1.54) is 21.3 Å². The van der Waals surface area contributed by atoms with E-state index in [9.17, 15) is 10.2 Å². The van der Waals surface area contributed by atoms with Crippen molar-refractivity contribution < 1.29 is 24.4 Å². The first-order valence-corrected chi connectivity index (χ1v) is 6.43. The quantitative estimate of drug-likeness (QED) is 0.777. The van der Waals surface area contributed by atoms with Gasteiger partial charge >= 0.3 is 0 Å². The Morgan fingerprint density at radius 2 is 1.67 bits per heavy atom. The van der Waals surface area contributed by atoms with Crippen LogP contribution in [0.3, 0.4) is 0 Å². The summed E-state index contributed by atoms with van der Waals surface area (Å²) in [7, 11) is 4.46. The summed E-state index contributed by atoms with van der Waals surface area (Å²) in [5.41, 5.74) is 0.446. The Hall–Kier alpha value is -0.980. The number of aliphatic hydroxyl groups is 2. The third-order valence-corrected chi connectivity index (χ3v) is 3.24. The molecule has 2 atom stereocenters. The lowest BCUT2D eigenvalue weighted by atomic mass is 10.0. The first-order valence-electron chi connectivity index (χ1n) is 5.31. The number of methoxy groups -OCH3 is 3. The van der Waals surface area contributed by atoms with Crippen LogP contribution < -0.4 is 14.2 Å². The number of benzene rings is 1. The highest BCUT2D eigenvalue weighted by Crippen LogP contribution is 2.42. The van der Waals surface area contributed by atoms with Crippen LogP contribution in [0.4, 0.5) is 0 Å². The molecular weight excluding hydrogens is 304 g/mol. The molecule has 18 heavy (non-hydrogen) atoms. The van der Waals surface area contributed by atoms with Crippen molar-refractivity contribution in [2.75, 3.05) is 26.7 Å². The molecule has 0 aliphatic carbocycles. The molecule has 0 aliphatic rings. The van der Waals surface area contributed by atoms with Gasteiger partial charge in [-0.2, -0.15) is 0 Å². The number of hydrogen-bond donors (Lipinski definition) is 2. The van der Waals surface area contributed by atoms with Crippen LogP contribution in [0.1, 0.15) is 11.7 Å². The number of rotatable bonds is 6. The zero-order chi connectivity index (χ0) is 13.7. The predicted octanol–water partition coefficient (Wildman–Crippen LogP) is 1.50. The summed E-state index contributed by atoms with van der Waals surface area (Å²) >= 11 is 3.12. The Balaban J connectivity index is 3.28. The van der Waals surface area contributed by atoms with Crippen molar-refractivity contribution >= 4 is 15.9 Å². The summed E-state index contributed by atoms with van der Waals surface area (Å²) in [6.07, 6.45) is -2.00. The van der Waals surface area contributed by atoms with E-state index in [-0.39, 0.29) is 5.33 Å². The van der Waals surface area contributed by atoms with Gasteiger partial charge in [-0.15, -0.1) is 0 Å². The van der Waals surface area contributed by atoms with E-state index >= 15 is 0 Å². The molecule has 1 aromatic rings. The van der Waals surface area contributed by atoms with E-state index < -0.39 is 12.2 Å². The molecule has 2 N–H and O–H groups in total. The molecule has 0 heterocycles. The van der Waals surface area contributed by atoms with Gasteiger partial charge < -0.3 is 24.4 Å². The van der Waals surface area contributed by atoms with Crippen LogP contribution in [0.2, 0.25) is 0 Å². The van der Waals surface area contributed by atoms with E-state index in [1.54, 1.807) is 12.1 Å². The minimum absolute atomic E-state index is 0.256. The molecule has 0 aromatic heterocycles. The van der Waals surface area contributed by atoms with Crippen LogP contribution in [0, 0.1) is 0 Å². The second kappa shape index (κ2) is 6.82. The van der Waals surface area contributed by atoms with E-state index in [1.807, 2.05) is 0 Å². The average molecular weight is 321 g/mol. The van der Waals surface area contributed by atoms with Gasteiger partial charge in [-0.25, -0.2) is 0 Å². The Labute approximate surface area is 114 Å². The molecule has 0 saturated heterocycles.